The quantitative estimate of drug-likeness (QED) is 0.637. The van der Waals surface area contributed by atoms with Gasteiger partial charge < -0.3 is 9.80 Å². The van der Waals surface area contributed by atoms with Gasteiger partial charge in [0.2, 0.25) is 0 Å². The average molecular weight is 442 g/mol. The van der Waals surface area contributed by atoms with Crippen LogP contribution in [-0.2, 0) is 10.2 Å². The van der Waals surface area contributed by atoms with Crippen molar-refractivity contribution in [3.63, 3.8) is 0 Å². The predicted octanol–water partition coefficient (Wildman–Crippen LogP) is 5.41. The first-order chi connectivity index (χ1) is 15.8. The molecule has 0 bridgehead atoms. The smallest absolute Gasteiger partial charge is 0.325 e. The lowest BCUT2D eigenvalue weighted by atomic mass is 9.71. The number of ketones is 1. The summed E-state index contributed by atoms with van der Waals surface area (Å²) < 4.78 is 0. The third-order valence-electron chi connectivity index (χ3n) is 7.69. The van der Waals surface area contributed by atoms with Crippen LogP contribution >= 0.6 is 0 Å². The van der Waals surface area contributed by atoms with E-state index in [2.05, 4.69) is 43.0 Å². The summed E-state index contributed by atoms with van der Waals surface area (Å²) in [5.74, 6) is 0.143. The summed E-state index contributed by atoms with van der Waals surface area (Å²) in [6.07, 6.45) is 3.56. The number of hydrogen-bond acceptors (Lipinski definition) is 3. The fourth-order valence-corrected chi connectivity index (χ4v) is 5.91. The maximum atomic E-state index is 13.9. The van der Waals surface area contributed by atoms with Gasteiger partial charge in [-0.1, -0.05) is 61.9 Å². The van der Waals surface area contributed by atoms with E-state index >= 15 is 0 Å². The van der Waals surface area contributed by atoms with Crippen molar-refractivity contribution in [2.24, 2.45) is 0 Å². The van der Waals surface area contributed by atoms with Gasteiger partial charge in [-0.3, -0.25) is 9.69 Å². The Labute approximate surface area is 196 Å². The zero-order valence-corrected chi connectivity index (χ0v) is 20.0. The van der Waals surface area contributed by atoms with E-state index in [4.69, 9.17) is 0 Å². The lowest BCUT2D eigenvalue weighted by Gasteiger charge is -2.38. The molecule has 5 nitrogen and oxygen atoms in total. The molecule has 0 N–H and O–H groups in total. The molecule has 2 aliphatic heterocycles. The Balaban J connectivity index is 1.79. The van der Waals surface area contributed by atoms with Gasteiger partial charge in [0.05, 0.1) is 28.9 Å². The van der Waals surface area contributed by atoms with Crippen LogP contribution in [0.1, 0.15) is 50.8 Å². The zero-order chi connectivity index (χ0) is 23.5. The number of nitrogens with zero attached hydrogens (tertiary/aromatic N) is 3. The monoisotopic (exact) mass is 441 g/mol. The first-order valence-electron chi connectivity index (χ1n) is 11.8. The van der Waals surface area contributed by atoms with Gasteiger partial charge in [-0.05, 0) is 49.1 Å². The number of hydrogen-bond donors (Lipinski definition) is 0. The lowest BCUT2D eigenvalue weighted by Crippen LogP contribution is -2.43. The van der Waals surface area contributed by atoms with Gasteiger partial charge in [-0.25, -0.2) is 4.79 Å². The molecule has 0 aromatic heterocycles. The summed E-state index contributed by atoms with van der Waals surface area (Å²) in [6.45, 7) is 6.21. The van der Waals surface area contributed by atoms with Gasteiger partial charge >= 0.3 is 6.03 Å². The number of amides is 2. The van der Waals surface area contributed by atoms with E-state index in [9.17, 15) is 9.59 Å². The number of anilines is 1. The maximum Gasteiger partial charge on any atom is 0.325 e. The van der Waals surface area contributed by atoms with Crippen molar-refractivity contribution in [1.29, 1.82) is 0 Å². The van der Waals surface area contributed by atoms with Crippen molar-refractivity contribution in [3.05, 3.63) is 88.8 Å². The average Bonchev–Trinajstić information content (AvgIpc) is 3.20. The molecule has 2 aromatic rings. The molecule has 2 aromatic carbocycles. The summed E-state index contributed by atoms with van der Waals surface area (Å²) in [5.41, 5.74) is 4.85. The van der Waals surface area contributed by atoms with Crippen molar-refractivity contribution in [2.75, 3.05) is 19.0 Å². The number of Topliss-reactive ketones (excluding diaryl/α,β-unsaturated/α-hetero) is 1. The van der Waals surface area contributed by atoms with E-state index < -0.39 is 5.41 Å². The normalized spacial score (nSPS) is 26.7. The van der Waals surface area contributed by atoms with E-state index in [1.165, 1.54) is 0 Å². The molecule has 1 aliphatic carbocycles. The molecular weight excluding hydrogens is 410 g/mol. The Morgan fingerprint density at radius 3 is 2.33 bits per heavy atom. The van der Waals surface area contributed by atoms with Gasteiger partial charge in [0, 0.05) is 19.8 Å². The molecule has 0 spiro atoms. The van der Waals surface area contributed by atoms with E-state index in [1.54, 1.807) is 0 Å². The van der Waals surface area contributed by atoms with Crippen LogP contribution < -0.4 is 4.90 Å². The topological polar surface area (TPSA) is 43.9 Å². The Hall–Kier alpha value is -3.34. The highest BCUT2D eigenvalue weighted by Gasteiger charge is 2.55. The number of rotatable bonds is 4. The Morgan fingerprint density at radius 1 is 0.970 bits per heavy atom. The molecule has 1 fully saturated rings. The van der Waals surface area contributed by atoms with Crippen LogP contribution in [0.3, 0.4) is 0 Å². The number of carbonyl (C=O) groups is 2. The fourth-order valence-electron chi connectivity index (χ4n) is 5.91. The molecule has 1 saturated heterocycles. The van der Waals surface area contributed by atoms with Crippen LogP contribution in [0.25, 0.3) is 0 Å². The van der Waals surface area contributed by atoms with Crippen LogP contribution in [0.2, 0.25) is 0 Å². The summed E-state index contributed by atoms with van der Waals surface area (Å²) in [6, 6.07) is 18.1. The number of benzene rings is 2. The number of fused-ring (bicyclic) bond motifs is 3. The SMILES string of the molecule is CCCC1=CC(N2C(=O)N(C)[C@@H](C)[C@H]2c2ccccc2)=C2N(C)c3ccccc3[C@@]2(C)C1=O. The maximum absolute atomic E-state index is 13.9. The molecule has 5 rings (SSSR count). The number of allylic oxidation sites excluding steroid dienone is 3. The predicted molar refractivity (Wildman–Crippen MR) is 131 cm³/mol. The van der Waals surface area contributed by atoms with E-state index in [-0.39, 0.29) is 23.9 Å². The highest BCUT2D eigenvalue weighted by molar-refractivity contribution is 6.11. The third kappa shape index (κ3) is 2.84. The molecule has 0 radical (unpaired) electrons. The van der Waals surface area contributed by atoms with Gasteiger partial charge in [0.15, 0.2) is 5.78 Å². The molecule has 2 heterocycles. The van der Waals surface area contributed by atoms with Crippen molar-refractivity contribution in [1.82, 2.24) is 9.80 Å². The molecular formula is C28H31N3O2. The van der Waals surface area contributed by atoms with Crippen molar-refractivity contribution in [2.45, 2.75) is 51.1 Å². The highest BCUT2D eigenvalue weighted by Crippen LogP contribution is 2.54. The van der Waals surface area contributed by atoms with Crippen LogP contribution in [0.5, 0.6) is 0 Å². The van der Waals surface area contributed by atoms with Crippen molar-refractivity contribution >= 4 is 17.5 Å². The van der Waals surface area contributed by atoms with Gasteiger partial charge in [0.1, 0.15) is 0 Å². The van der Waals surface area contributed by atoms with Crippen molar-refractivity contribution in [3.8, 4) is 0 Å². The minimum Gasteiger partial charge on any atom is -0.345 e. The second kappa shape index (κ2) is 7.62. The van der Waals surface area contributed by atoms with E-state index in [1.807, 2.05) is 67.2 Å². The summed E-state index contributed by atoms with van der Waals surface area (Å²) >= 11 is 0. The molecule has 0 saturated carbocycles. The Kier molecular flexibility index (Phi) is 4.96. The second-order valence-corrected chi connectivity index (χ2v) is 9.54. The molecule has 3 aliphatic rings. The Bertz CT molecular complexity index is 1200. The van der Waals surface area contributed by atoms with E-state index in [0.717, 1.165) is 40.2 Å². The molecule has 0 unspecified atom stereocenters. The Morgan fingerprint density at radius 2 is 1.64 bits per heavy atom. The van der Waals surface area contributed by atoms with Crippen LogP contribution in [0, 0.1) is 0 Å². The third-order valence-corrected chi connectivity index (χ3v) is 7.69. The number of likely N-dealkylation sites (N-methyl/N-ethyl adjacent to an activating group) is 2. The van der Waals surface area contributed by atoms with Gasteiger partial charge in [-0.2, -0.15) is 0 Å². The molecule has 5 heteroatoms. The minimum atomic E-state index is -0.814. The fraction of sp³-hybridized carbons (Fsp3) is 0.357. The number of urea groups is 1. The summed E-state index contributed by atoms with van der Waals surface area (Å²) in [4.78, 5) is 33.5. The molecule has 3 atom stereocenters. The lowest BCUT2D eigenvalue weighted by molar-refractivity contribution is -0.119. The van der Waals surface area contributed by atoms with Crippen LogP contribution in [-0.4, -0.2) is 41.8 Å². The second-order valence-electron chi connectivity index (χ2n) is 9.54. The molecule has 33 heavy (non-hydrogen) atoms. The van der Waals surface area contributed by atoms with Gasteiger partial charge in [0.25, 0.3) is 0 Å². The van der Waals surface area contributed by atoms with Gasteiger partial charge in [-0.15, -0.1) is 0 Å². The van der Waals surface area contributed by atoms with Crippen molar-refractivity contribution < 1.29 is 9.59 Å². The summed E-state index contributed by atoms with van der Waals surface area (Å²) in [7, 11) is 3.88. The largest absolute Gasteiger partial charge is 0.345 e. The first kappa shape index (κ1) is 21.5. The highest BCUT2D eigenvalue weighted by atomic mass is 16.2. The zero-order valence-electron chi connectivity index (χ0n) is 20.0. The summed E-state index contributed by atoms with van der Waals surface area (Å²) in [5, 5.41) is 0. The molecule has 2 amide bonds. The number of carbonyl (C=O) groups excluding carboxylic acids is 2. The standard InChI is InChI=1S/C28H31N3O2/c1-6-12-20-17-23(25-28(3,26(20)32)21-15-10-11-16-22(21)30(25)5)31-24(18(2)29(4)27(31)33)19-13-8-7-9-14-19/h7-11,13-18,24H,6,12H2,1-5H3/t18-,24-,28+/m0/s1. The van der Waals surface area contributed by atoms with E-state index in [0.29, 0.717) is 6.42 Å². The van der Waals surface area contributed by atoms with Crippen LogP contribution in [0.4, 0.5) is 10.5 Å². The molecule has 170 valence electrons. The van der Waals surface area contributed by atoms with Crippen LogP contribution in [0.15, 0.2) is 77.6 Å². The minimum absolute atomic E-state index is 0.00556. The first-order valence-corrected chi connectivity index (χ1v) is 11.8. The number of para-hydroxylation sites is 1.